The van der Waals surface area contributed by atoms with Gasteiger partial charge in [0.2, 0.25) is 0 Å². The van der Waals surface area contributed by atoms with Crippen LogP contribution in [0.2, 0.25) is 0 Å². The topological polar surface area (TPSA) is 15.6 Å². The molecule has 1 heterocycles. The van der Waals surface area contributed by atoms with Crippen molar-refractivity contribution in [2.24, 2.45) is 4.99 Å². The number of likely N-dealkylation sites (N-methyl/N-ethyl adjacent to an activating group) is 1. The molecule has 0 saturated carbocycles. The summed E-state index contributed by atoms with van der Waals surface area (Å²) in [6, 6.07) is 4.76. The number of allylic oxidation sites excluding steroid dienone is 8. The fourth-order valence-corrected chi connectivity index (χ4v) is 6.89. The van der Waals surface area contributed by atoms with E-state index in [2.05, 4.69) is 143 Å². The Labute approximate surface area is 251 Å². The third-order valence-electron chi connectivity index (χ3n) is 9.63. The summed E-state index contributed by atoms with van der Waals surface area (Å²) in [7, 11) is 4.11. The van der Waals surface area contributed by atoms with Crippen molar-refractivity contribution in [1.82, 2.24) is 0 Å². The molecule has 0 spiro atoms. The van der Waals surface area contributed by atoms with Gasteiger partial charge in [0.05, 0.1) is 0 Å². The van der Waals surface area contributed by atoms with Gasteiger partial charge >= 0.3 is 0 Å². The Morgan fingerprint density at radius 2 is 1.44 bits per heavy atom. The zero-order valence-electron chi connectivity index (χ0n) is 28.2. The first kappa shape index (κ1) is 32.4. The highest BCUT2D eigenvalue weighted by molar-refractivity contribution is 6.03. The minimum absolute atomic E-state index is 0.0267. The molecule has 3 rings (SSSR count). The van der Waals surface area contributed by atoms with E-state index in [1.54, 1.807) is 0 Å². The molecule has 1 aliphatic rings. The average molecular weight is 551 g/mol. The summed E-state index contributed by atoms with van der Waals surface area (Å²) >= 11 is 0. The van der Waals surface area contributed by atoms with E-state index in [1.165, 1.54) is 74.3 Å². The Balaban J connectivity index is 1.81. The summed E-state index contributed by atoms with van der Waals surface area (Å²) < 4.78 is 0. The molecule has 220 valence electrons. The van der Waals surface area contributed by atoms with E-state index in [9.17, 15) is 0 Å². The smallest absolute Gasteiger partial charge is 0.0453 e. The predicted octanol–water partition coefficient (Wildman–Crippen LogP) is 10.2. The van der Waals surface area contributed by atoms with Crippen molar-refractivity contribution in [3.05, 3.63) is 110 Å². The molecule has 0 unspecified atom stereocenters. The van der Waals surface area contributed by atoms with E-state index in [1.807, 2.05) is 7.05 Å². The van der Waals surface area contributed by atoms with Gasteiger partial charge in [-0.15, -0.1) is 0 Å². The van der Waals surface area contributed by atoms with Crippen LogP contribution in [-0.2, 0) is 17.3 Å². The van der Waals surface area contributed by atoms with Crippen LogP contribution in [0.25, 0.3) is 0 Å². The summed E-state index contributed by atoms with van der Waals surface area (Å²) in [5.74, 6) is 0. The first-order valence-electron chi connectivity index (χ1n) is 15.4. The fourth-order valence-electron chi connectivity index (χ4n) is 6.89. The number of aliphatic imine (C=N–C) groups is 1. The maximum atomic E-state index is 4.76. The summed E-state index contributed by atoms with van der Waals surface area (Å²) in [5.41, 5.74) is 16.3. The van der Waals surface area contributed by atoms with Crippen molar-refractivity contribution in [1.29, 1.82) is 0 Å². The van der Waals surface area contributed by atoms with Crippen LogP contribution < -0.4 is 4.90 Å². The second-order valence-electron chi connectivity index (χ2n) is 13.0. The summed E-state index contributed by atoms with van der Waals surface area (Å²) in [4.78, 5) is 7.12. The van der Waals surface area contributed by atoms with Gasteiger partial charge < -0.3 is 4.90 Å². The molecule has 0 amide bonds. The number of hydrogen-bond acceptors (Lipinski definition) is 2. The molecule has 0 N–H and O–H groups in total. The number of fused-ring (bicyclic) bond motifs is 1. The molecule has 0 aliphatic carbocycles. The largest absolute Gasteiger partial charge is 0.347 e. The standard InChI is InChI=1S/C39H54N2/c1-14-15-21-32-24-26(2)28(4)30(6)36(32)38(8,9)34(40-12)22-19-17-16-18-20-23-35-39(10,11)37-31(7)29(5)27(3)25-33(37)41(35)13/h16-20,22-25H,14-15,21H2,1-13H3/b17-16+,20-18+,22-19+,35-23+,40-34?. The van der Waals surface area contributed by atoms with Gasteiger partial charge in [0.25, 0.3) is 0 Å². The third kappa shape index (κ3) is 6.22. The van der Waals surface area contributed by atoms with Gasteiger partial charge in [-0.1, -0.05) is 77.5 Å². The molecule has 0 fully saturated rings. The lowest BCUT2D eigenvalue weighted by Gasteiger charge is -2.32. The SMILES string of the molecule is CCCCc1cc(C)c(C)c(C)c1C(C)(C)C(/C=C/C=C/C=C/C=C1/N(C)c2cc(C)c(C)c(C)c2C1(C)C)=NC. The molecule has 41 heavy (non-hydrogen) atoms. The van der Waals surface area contributed by atoms with Crippen molar-refractivity contribution in [2.75, 3.05) is 19.0 Å². The monoisotopic (exact) mass is 550 g/mol. The van der Waals surface area contributed by atoms with E-state index in [-0.39, 0.29) is 10.8 Å². The van der Waals surface area contributed by atoms with Crippen LogP contribution in [0.15, 0.2) is 65.4 Å². The number of aryl methyl sites for hydroxylation is 3. The van der Waals surface area contributed by atoms with Crippen LogP contribution in [0.3, 0.4) is 0 Å². The molecule has 2 heteroatoms. The maximum Gasteiger partial charge on any atom is 0.0453 e. The highest BCUT2D eigenvalue weighted by Crippen LogP contribution is 2.49. The molecular weight excluding hydrogens is 496 g/mol. The van der Waals surface area contributed by atoms with Gasteiger partial charge in [-0.25, -0.2) is 0 Å². The van der Waals surface area contributed by atoms with Crippen LogP contribution in [0, 0.1) is 41.5 Å². The molecule has 0 atom stereocenters. The van der Waals surface area contributed by atoms with Crippen LogP contribution in [0.4, 0.5) is 5.69 Å². The average Bonchev–Trinajstić information content (AvgIpc) is 3.09. The zero-order chi connectivity index (χ0) is 30.7. The molecule has 1 aliphatic heterocycles. The molecule has 0 aromatic heterocycles. The maximum absolute atomic E-state index is 4.76. The van der Waals surface area contributed by atoms with Gasteiger partial charge in [-0.05, 0) is 123 Å². The first-order chi connectivity index (χ1) is 19.2. The van der Waals surface area contributed by atoms with E-state index < -0.39 is 0 Å². The molecule has 2 nitrogen and oxygen atoms in total. The molecule has 2 aromatic carbocycles. The van der Waals surface area contributed by atoms with Crippen molar-refractivity contribution >= 4 is 11.4 Å². The van der Waals surface area contributed by atoms with E-state index >= 15 is 0 Å². The summed E-state index contributed by atoms with van der Waals surface area (Å²) in [5, 5.41) is 0. The van der Waals surface area contributed by atoms with E-state index in [4.69, 9.17) is 4.99 Å². The number of hydrogen-bond donors (Lipinski definition) is 0. The van der Waals surface area contributed by atoms with Crippen molar-refractivity contribution in [3.8, 4) is 0 Å². The number of anilines is 1. The van der Waals surface area contributed by atoms with E-state index in [0.29, 0.717) is 0 Å². The number of rotatable bonds is 9. The molecule has 2 aromatic rings. The zero-order valence-corrected chi connectivity index (χ0v) is 28.2. The third-order valence-corrected chi connectivity index (χ3v) is 9.63. The number of benzene rings is 2. The van der Waals surface area contributed by atoms with E-state index in [0.717, 1.165) is 12.1 Å². The Kier molecular flexibility index (Phi) is 10.1. The summed E-state index contributed by atoms with van der Waals surface area (Å²) in [6.07, 6.45) is 18.6. The minimum atomic E-state index is -0.173. The Hall–Kier alpha value is -3.13. The minimum Gasteiger partial charge on any atom is -0.347 e. The van der Waals surface area contributed by atoms with Gasteiger partial charge in [0.15, 0.2) is 0 Å². The second kappa shape index (κ2) is 12.8. The number of nitrogens with zero attached hydrogens (tertiary/aromatic N) is 2. The normalized spacial score (nSPS) is 16.8. The first-order valence-corrected chi connectivity index (χ1v) is 15.4. The van der Waals surface area contributed by atoms with Crippen LogP contribution in [0.1, 0.15) is 97.5 Å². The van der Waals surface area contributed by atoms with Gasteiger partial charge in [-0.2, -0.15) is 0 Å². The summed E-state index contributed by atoms with van der Waals surface area (Å²) in [6.45, 7) is 25.1. The van der Waals surface area contributed by atoms with Crippen LogP contribution in [-0.4, -0.2) is 19.8 Å². The van der Waals surface area contributed by atoms with Gasteiger partial charge in [0, 0.05) is 42.0 Å². The van der Waals surface area contributed by atoms with Crippen LogP contribution >= 0.6 is 0 Å². The van der Waals surface area contributed by atoms with Crippen molar-refractivity contribution in [2.45, 2.75) is 106 Å². The molecule has 0 saturated heterocycles. The predicted molar refractivity (Wildman–Crippen MR) is 183 cm³/mol. The molecule has 0 bridgehead atoms. The van der Waals surface area contributed by atoms with Gasteiger partial charge in [0.1, 0.15) is 0 Å². The molecular formula is C39H54N2. The lowest BCUT2D eigenvalue weighted by Crippen LogP contribution is -2.30. The highest BCUT2D eigenvalue weighted by atomic mass is 15.2. The Bertz CT molecular complexity index is 1440. The van der Waals surface area contributed by atoms with Crippen molar-refractivity contribution in [3.63, 3.8) is 0 Å². The lowest BCUT2D eigenvalue weighted by molar-refractivity contribution is 0.635. The fraction of sp³-hybridized carbons (Fsp3) is 0.462. The molecule has 0 radical (unpaired) electrons. The van der Waals surface area contributed by atoms with Gasteiger partial charge in [-0.3, -0.25) is 4.99 Å². The quantitative estimate of drug-likeness (QED) is 0.224. The number of unbranched alkanes of at least 4 members (excludes halogenated alkanes) is 1. The van der Waals surface area contributed by atoms with Crippen LogP contribution in [0.5, 0.6) is 0 Å². The lowest BCUT2D eigenvalue weighted by atomic mass is 9.73. The Morgan fingerprint density at radius 1 is 0.854 bits per heavy atom. The Morgan fingerprint density at radius 3 is 2.07 bits per heavy atom. The van der Waals surface area contributed by atoms with Crippen molar-refractivity contribution < 1.29 is 0 Å². The highest BCUT2D eigenvalue weighted by Gasteiger charge is 2.40. The second-order valence-corrected chi connectivity index (χ2v) is 13.0.